The van der Waals surface area contributed by atoms with Gasteiger partial charge in [0.15, 0.2) is 11.5 Å². The number of nitrogens with two attached hydrogens (primary N) is 1. The summed E-state index contributed by atoms with van der Waals surface area (Å²) in [6.45, 7) is 1.38. The molecule has 98 valence electrons. The Kier molecular flexibility index (Phi) is 4.06. The Labute approximate surface area is 105 Å². The Hall–Kier alpha value is -1.73. The lowest BCUT2D eigenvalue weighted by atomic mass is 10.1. The highest BCUT2D eigenvalue weighted by Gasteiger charge is 2.24. The second-order valence-corrected chi connectivity index (χ2v) is 4.18. The van der Waals surface area contributed by atoms with E-state index in [-0.39, 0.29) is 12.0 Å². The molecule has 2 rings (SSSR count). The molecule has 18 heavy (non-hydrogen) atoms. The van der Waals surface area contributed by atoms with Crippen molar-refractivity contribution in [1.82, 2.24) is 15.1 Å². The molecule has 1 fully saturated rings. The number of carbonyl (C=O) groups is 1. The molecule has 7 nitrogen and oxygen atoms in total. The monoisotopic (exact) mass is 251 g/mol. The van der Waals surface area contributed by atoms with Gasteiger partial charge in [0.25, 0.3) is 5.91 Å². The average molecular weight is 251 g/mol. The number of rotatable bonds is 3. The summed E-state index contributed by atoms with van der Waals surface area (Å²) in [5.74, 6) is 5.53. The quantitative estimate of drug-likeness (QED) is 0.581. The number of hydrogen-bond acceptors (Lipinski definition) is 6. The molecular formula is C11H17N5O2. The van der Waals surface area contributed by atoms with Gasteiger partial charge in [-0.25, -0.2) is 5.84 Å². The molecule has 1 aromatic heterocycles. The predicted octanol–water partition coefficient (Wildman–Crippen LogP) is 0.0132. The summed E-state index contributed by atoms with van der Waals surface area (Å²) in [6, 6.07) is 3.25. The van der Waals surface area contributed by atoms with Crippen LogP contribution in [0.3, 0.4) is 0 Å². The van der Waals surface area contributed by atoms with E-state index in [0.717, 1.165) is 12.8 Å². The Morgan fingerprint density at radius 2 is 2.17 bits per heavy atom. The summed E-state index contributed by atoms with van der Waals surface area (Å²) in [5, 5.41) is 7.63. The molecule has 1 aliphatic heterocycles. The van der Waals surface area contributed by atoms with E-state index in [1.165, 1.54) is 0 Å². The molecule has 1 aliphatic rings. The Morgan fingerprint density at radius 1 is 1.44 bits per heavy atom. The van der Waals surface area contributed by atoms with Gasteiger partial charge in [-0.3, -0.25) is 4.79 Å². The summed E-state index contributed by atoms with van der Waals surface area (Å²) in [4.78, 5) is 13.9. The van der Waals surface area contributed by atoms with Crippen molar-refractivity contribution in [3.63, 3.8) is 0 Å². The van der Waals surface area contributed by atoms with Crippen LogP contribution in [-0.4, -0.2) is 47.3 Å². The largest absolute Gasteiger partial charge is 0.381 e. The van der Waals surface area contributed by atoms with Crippen molar-refractivity contribution >= 4 is 11.7 Å². The van der Waals surface area contributed by atoms with E-state index in [9.17, 15) is 4.79 Å². The summed E-state index contributed by atoms with van der Waals surface area (Å²) < 4.78 is 5.27. The highest BCUT2D eigenvalue weighted by molar-refractivity contribution is 5.92. The first kappa shape index (κ1) is 12.7. The molecule has 0 bridgehead atoms. The number of anilines is 1. The third-order valence-electron chi connectivity index (χ3n) is 3.09. The van der Waals surface area contributed by atoms with E-state index in [2.05, 4.69) is 15.6 Å². The molecule has 7 heteroatoms. The zero-order valence-electron chi connectivity index (χ0n) is 10.3. The van der Waals surface area contributed by atoms with Crippen LogP contribution in [0.25, 0.3) is 0 Å². The maximum Gasteiger partial charge on any atom is 0.274 e. The molecule has 0 spiro atoms. The van der Waals surface area contributed by atoms with Crippen LogP contribution in [0, 0.1) is 0 Å². The minimum atomic E-state index is -0.0966. The summed E-state index contributed by atoms with van der Waals surface area (Å²) in [5.41, 5.74) is 2.71. The molecule has 1 amide bonds. The number of ether oxygens (including phenoxy) is 1. The number of aromatic nitrogens is 2. The van der Waals surface area contributed by atoms with E-state index in [1.54, 1.807) is 24.1 Å². The van der Waals surface area contributed by atoms with Gasteiger partial charge in [-0.15, -0.1) is 10.2 Å². The molecular weight excluding hydrogens is 234 g/mol. The summed E-state index contributed by atoms with van der Waals surface area (Å²) in [6.07, 6.45) is 1.97. The normalized spacial score (nSPS) is 16.7. The van der Waals surface area contributed by atoms with Gasteiger partial charge in [0, 0.05) is 20.2 Å². The maximum atomic E-state index is 12.1. The van der Waals surface area contributed by atoms with Crippen LogP contribution in [0.15, 0.2) is 12.1 Å². The van der Waals surface area contributed by atoms with Gasteiger partial charge in [-0.1, -0.05) is 0 Å². The topological polar surface area (TPSA) is 93.4 Å². The lowest BCUT2D eigenvalue weighted by molar-refractivity contribution is 0.0347. The molecule has 0 atom stereocenters. The zero-order valence-corrected chi connectivity index (χ0v) is 10.3. The fourth-order valence-electron chi connectivity index (χ4n) is 1.98. The fourth-order valence-corrected chi connectivity index (χ4v) is 1.98. The number of hydrogen-bond donors (Lipinski definition) is 2. The van der Waals surface area contributed by atoms with Crippen LogP contribution in [0.5, 0.6) is 0 Å². The number of hydrazine groups is 1. The molecule has 1 saturated heterocycles. The molecule has 1 aromatic rings. The van der Waals surface area contributed by atoms with Gasteiger partial charge < -0.3 is 15.1 Å². The van der Waals surface area contributed by atoms with Gasteiger partial charge in [-0.05, 0) is 25.0 Å². The Morgan fingerprint density at radius 3 is 2.67 bits per heavy atom. The molecule has 0 radical (unpaired) electrons. The number of nitrogens with zero attached hydrogens (tertiary/aromatic N) is 3. The van der Waals surface area contributed by atoms with Crippen molar-refractivity contribution < 1.29 is 9.53 Å². The number of nitrogens with one attached hydrogen (secondary N) is 1. The van der Waals surface area contributed by atoms with Crippen LogP contribution >= 0.6 is 0 Å². The first-order chi connectivity index (χ1) is 8.74. The van der Waals surface area contributed by atoms with Crippen LogP contribution < -0.4 is 11.3 Å². The molecule has 2 heterocycles. The third kappa shape index (κ3) is 2.74. The minimum Gasteiger partial charge on any atom is -0.381 e. The van der Waals surface area contributed by atoms with Crippen LogP contribution in [-0.2, 0) is 4.74 Å². The number of carbonyl (C=O) groups excluding carboxylic acids is 1. The first-order valence-corrected chi connectivity index (χ1v) is 5.87. The molecule has 0 saturated carbocycles. The zero-order chi connectivity index (χ0) is 13.0. The number of methoxy groups -OCH3 is 1. The third-order valence-corrected chi connectivity index (χ3v) is 3.09. The lowest BCUT2D eigenvalue weighted by Crippen LogP contribution is -2.41. The maximum absolute atomic E-state index is 12.1. The van der Waals surface area contributed by atoms with E-state index < -0.39 is 0 Å². The van der Waals surface area contributed by atoms with Crippen molar-refractivity contribution in [2.75, 3.05) is 25.6 Å². The van der Waals surface area contributed by atoms with E-state index in [4.69, 9.17) is 10.6 Å². The predicted molar refractivity (Wildman–Crippen MR) is 65.8 cm³/mol. The molecule has 0 aromatic carbocycles. The minimum absolute atomic E-state index is 0.0966. The van der Waals surface area contributed by atoms with Crippen LogP contribution in [0.1, 0.15) is 23.3 Å². The van der Waals surface area contributed by atoms with Crippen molar-refractivity contribution in [3.05, 3.63) is 17.8 Å². The average Bonchev–Trinajstić information content (AvgIpc) is 2.47. The smallest absolute Gasteiger partial charge is 0.274 e. The van der Waals surface area contributed by atoms with E-state index >= 15 is 0 Å². The van der Waals surface area contributed by atoms with Gasteiger partial charge in [0.05, 0.1) is 6.10 Å². The Bertz CT molecular complexity index is 400. The Balaban J connectivity index is 1.98. The van der Waals surface area contributed by atoms with Crippen molar-refractivity contribution in [2.24, 2.45) is 5.84 Å². The fraction of sp³-hybridized carbons (Fsp3) is 0.545. The van der Waals surface area contributed by atoms with Crippen molar-refractivity contribution in [1.29, 1.82) is 0 Å². The summed E-state index contributed by atoms with van der Waals surface area (Å²) >= 11 is 0. The highest BCUT2D eigenvalue weighted by atomic mass is 16.5. The number of piperidine rings is 1. The number of amides is 1. The first-order valence-electron chi connectivity index (χ1n) is 5.87. The number of nitrogen functional groups attached to an aromatic ring is 1. The van der Waals surface area contributed by atoms with E-state index in [0.29, 0.717) is 24.6 Å². The molecule has 0 aliphatic carbocycles. The second kappa shape index (κ2) is 5.74. The van der Waals surface area contributed by atoms with Gasteiger partial charge in [-0.2, -0.15) is 0 Å². The van der Waals surface area contributed by atoms with E-state index in [1.807, 2.05) is 0 Å². The van der Waals surface area contributed by atoms with Gasteiger partial charge >= 0.3 is 0 Å². The number of likely N-dealkylation sites (tertiary alicyclic amines) is 1. The molecule has 0 unspecified atom stereocenters. The van der Waals surface area contributed by atoms with Crippen LogP contribution in [0.4, 0.5) is 5.82 Å². The van der Waals surface area contributed by atoms with Gasteiger partial charge in [0.2, 0.25) is 0 Å². The van der Waals surface area contributed by atoms with Gasteiger partial charge in [0.1, 0.15) is 0 Å². The highest BCUT2D eigenvalue weighted by Crippen LogP contribution is 2.15. The second-order valence-electron chi connectivity index (χ2n) is 4.18. The lowest BCUT2D eigenvalue weighted by Gasteiger charge is -2.30. The standard InChI is InChI=1S/C11H17N5O2/c1-18-8-4-6-16(7-5-8)11(17)9-2-3-10(13-12)15-14-9/h2-3,8H,4-7,12H2,1H3,(H,13,15). The van der Waals surface area contributed by atoms with Crippen molar-refractivity contribution in [2.45, 2.75) is 18.9 Å². The molecule has 3 N–H and O–H groups in total. The van der Waals surface area contributed by atoms with Crippen molar-refractivity contribution in [3.8, 4) is 0 Å². The SMILES string of the molecule is COC1CCN(C(=O)c2ccc(NN)nn2)CC1. The van der Waals surface area contributed by atoms with Crippen LogP contribution in [0.2, 0.25) is 0 Å². The summed E-state index contributed by atoms with van der Waals surface area (Å²) in [7, 11) is 1.70.